The summed E-state index contributed by atoms with van der Waals surface area (Å²) in [6.45, 7) is 0.461. The molecule has 7 heteroatoms. The molecule has 3 rings (SSSR count). The van der Waals surface area contributed by atoms with Gasteiger partial charge in [-0.15, -0.1) is 0 Å². The first-order chi connectivity index (χ1) is 11.5. The molecular weight excluding hydrogens is 308 g/mol. The van der Waals surface area contributed by atoms with E-state index in [0.717, 1.165) is 16.9 Å². The summed E-state index contributed by atoms with van der Waals surface area (Å²) < 4.78 is 0. The van der Waals surface area contributed by atoms with Gasteiger partial charge in [0.2, 0.25) is 5.91 Å². The molecule has 1 fully saturated rings. The van der Waals surface area contributed by atoms with Gasteiger partial charge in [-0.2, -0.15) is 0 Å². The van der Waals surface area contributed by atoms with Crippen molar-refractivity contribution in [1.82, 2.24) is 19.8 Å². The van der Waals surface area contributed by atoms with Gasteiger partial charge in [-0.25, -0.2) is 9.78 Å². The zero-order chi connectivity index (χ0) is 17.3. The first-order valence-corrected chi connectivity index (χ1v) is 8.08. The molecule has 24 heavy (non-hydrogen) atoms. The molecule has 1 aliphatic heterocycles. The van der Waals surface area contributed by atoms with Crippen LogP contribution in [-0.4, -0.2) is 69.5 Å². The number of nitrogens with one attached hydrogen (secondary N) is 1. The molecular formula is C17H22N4O3. The molecule has 2 heterocycles. The van der Waals surface area contributed by atoms with Gasteiger partial charge in [0, 0.05) is 25.4 Å². The van der Waals surface area contributed by atoms with E-state index in [9.17, 15) is 14.7 Å². The van der Waals surface area contributed by atoms with Crippen LogP contribution in [-0.2, 0) is 16.0 Å². The number of hydrogen-bond acceptors (Lipinski definition) is 4. The number of para-hydroxylation sites is 2. The second-order valence-corrected chi connectivity index (χ2v) is 6.45. The van der Waals surface area contributed by atoms with E-state index in [4.69, 9.17) is 0 Å². The first kappa shape index (κ1) is 16.4. The molecule has 0 saturated carbocycles. The van der Waals surface area contributed by atoms with E-state index >= 15 is 0 Å². The van der Waals surface area contributed by atoms with Gasteiger partial charge in [0.1, 0.15) is 11.9 Å². The van der Waals surface area contributed by atoms with E-state index in [0.29, 0.717) is 19.4 Å². The molecule has 0 unspecified atom stereocenters. The fraction of sp³-hybridized carbons (Fsp3) is 0.471. The Labute approximate surface area is 140 Å². The number of aliphatic carboxylic acids is 1. The van der Waals surface area contributed by atoms with Gasteiger partial charge < -0.3 is 19.9 Å². The Morgan fingerprint density at radius 3 is 2.79 bits per heavy atom. The number of likely N-dealkylation sites (N-methyl/N-ethyl adjacent to an activating group) is 1. The molecule has 0 aliphatic carbocycles. The lowest BCUT2D eigenvalue weighted by atomic mass is 10.1. The third kappa shape index (κ3) is 3.26. The molecule has 1 aromatic carbocycles. The molecule has 1 aromatic heterocycles. The van der Waals surface area contributed by atoms with Crippen LogP contribution in [0.4, 0.5) is 0 Å². The molecule has 7 nitrogen and oxygen atoms in total. The molecule has 128 valence electrons. The summed E-state index contributed by atoms with van der Waals surface area (Å²) in [5.74, 6) is -0.316. The van der Waals surface area contributed by atoms with Gasteiger partial charge in [-0.05, 0) is 32.6 Å². The van der Waals surface area contributed by atoms with E-state index < -0.39 is 12.0 Å². The van der Waals surface area contributed by atoms with Crippen molar-refractivity contribution < 1.29 is 14.7 Å². The molecule has 2 N–H and O–H groups in total. The summed E-state index contributed by atoms with van der Waals surface area (Å²) in [7, 11) is 3.82. The van der Waals surface area contributed by atoms with Crippen LogP contribution in [0.1, 0.15) is 18.7 Å². The van der Waals surface area contributed by atoms with Gasteiger partial charge in [0.15, 0.2) is 0 Å². The second kappa shape index (κ2) is 6.60. The number of imidazole rings is 1. The summed E-state index contributed by atoms with van der Waals surface area (Å²) in [6, 6.07) is 7.05. The van der Waals surface area contributed by atoms with Crippen LogP contribution in [0.3, 0.4) is 0 Å². The van der Waals surface area contributed by atoms with Gasteiger partial charge in [0.25, 0.3) is 0 Å². The maximum Gasteiger partial charge on any atom is 0.326 e. The zero-order valence-electron chi connectivity index (χ0n) is 13.9. The number of carboxylic acids is 1. The minimum absolute atomic E-state index is 0.0845. The number of hydrogen-bond donors (Lipinski definition) is 2. The van der Waals surface area contributed by atoms with Crippen molar-refractivity contribution in [3.05, 3.63) is 30.1 Å². The lowest BCUT2D eigenvalue weighted by molar-refractivity contribution is -0.148. The number of fused-ring (bicyclic) bond motifs is 1. The number of benzene rings is 1. The molecule has 2 atom stereocenters. The molecule has 2 aromatic rings. The highest BCUT2D eigenvalue weighted by Crippen LogP contribution is 2.22. The standard InChI is InChI=1S/C17H22N4O3/c1-20(2)11-9-14(17(23)24)21(10-11)16(22)8-7-15-18-12-5-3-4-6-13(12)19-15/h3-6,11,14H,7-10H2,1-2H3,(H,18,19)(H,23,24)/t11-,14+/m1/s1. The second-order valence-electron chi connectivity index (χ2n) is 6.45. The third-order valence-electron chi connectivity index (χ3n) is 4.63. The fourth-order valence-electron chi connectivity index (χ4n) is 3.19. The Kier molecular flexibility index (Phi) is 4.53. The zero-order valence-corrected chi connectivity index (χ0v) is 13.9. The fourth-order valence-corrected chi connectivity index (χ4v) is 3.19. The lowest BCUT2D eigenvalue weighted by Crippen LogP contribution is -2.41. The lowest BCUT2D eigenvalue weighted by Gasteiger charge is -2.22. The predicted octanol–water partition coefficient (Wildman–Crippen LogP) is 1.11. The van der Waals surface area contributed by atoms with Gasteiger partial charge in [-0.3, -0.25) is 4.79 Å². The Hall–Kier alpha value is -2.41. The Bertz CT molecular complexity index is 722. The SMILES string of the molecule is CN(C)[C@@H]1C[C@@H](C(=O)O)N(C(=O)CCc2nc3ccccc3[nH]2)C1. The molecule has 1 amide bonds. The monoisotopic (exact) mass is 330 g/mol. The van der Waals surface area contributed by atoms with E-state index in [1.54, 1.807) is 0 Å². The number of aromatic amines is 1. The Morgan fingerprint density at radius 2 is 2.12 bits per heavy atom. The molecule has 0 radical (unpaired) electrons. The van der Waals surface area contributed by atoms with E-state index in [-0.39, 0.29) is 18.4 Å². The number of carbonyl (C=O) groups excluding carboxylic acids is 1. The number of H-pyrrole nitrogens is 1. The number of nitrogens with zero attached hydrogens (tertiary/aromatic N) is 3. The Morgan fingerprint density at radius 1 is 1.38 bits per heavy atom. The summed E-state index contributed by atoms with van der Waals surface area (Å²) in [4.78, 5) is 35.1. The van der Waals surface area contributed by atoms with Crippen molar-refractivity contribution in [2.45, 2.75) is 31.3 Å². The number of amides is 1. The highest BCUT2D eigenvalue weighted by molar-refractivity contribution is 5.84. The molecule has 1 saturated heterocycles. The number of carboxylic acid groups (broad SMARTS) is 1. The molecule has 1 aliphatic rings. The van der Waals surface area contributed by atoms with Crippen LogP contribution in [0.25, 0.3) is 11.0 Å². The summed E-state index contributed by atoms with van der Waals surface area (Å²) in [5, 5.41) is 9.38. The molecule has 0 bridgehead atoms. The molecule has 0 spiro atoms. The van der Waals surface area contributed by atoms with Crippen LogP contribution >= 0.6 is 0 Å². The summed E-state index contributed by atoms with van der Waals surface area (Å²) in [6.07, 6.45) is 1.20. The highest BCUT2D eigenvalue weighted by atomic mass is 16.4. The van der Waals surface area contributed by atoms with Crippen LogP contribution in [0.5, 0.6) is 0 Å². The quantitative estimate of drug-likeness (QED) is 0.857. The van der Waals surface area contributed by atoms with Crippen molar-refractivity contribution >= 4 is 22.9 Å². The maximum atomic E-state index is 12.5. The van der Waals surface area contributed by atoms with E-state index in [1.807, 2.05) is 43.3 Å². The number of likely N-dealkylation sites (tertiary alicyclic amines) is 1. The van der Waals surface area contributed by atoms with E-state index in [2.05, 4.69) is 9.97 Å². The van der Waals surface area contributed by atoms with Gasteiger partial charge in [0.05, 0.1) is 11.0 Å². The minimum atomic E-state index is -0.934. The third-order valence-corrected chi connectivity index (χ3v) is 4.63. The average molecular weight is 330 g/mol. The number of rotatable bonds is 5. The van der Waals surface area contributed by atoms with Crippen molar-refractivity contribution in [3.8, 4) is 0 Å². The number of carbonyl (C=O) groups is 2. The largest absolute Gasteiger partial charge is 0.480 e. The van der Waals surface area contributed by atoms with Crippen LogP contribution in [0, 0.1) is 0 Å². The predicted molar refractivity (Wildman–Crippen MR) is 89.6 cm³/mol. The van der Waals surface area contributed by atoms with Crippen molar-refractivity contribution in [2.24, 2.45) is 0 Å². The smallest absolute Gasteiger partial charge is 0.326 e. The van der Waals surface area contributed by atoms with Crippen LogP contribution < -0.4 is 0 Å². The normalized spacial score (nSPS) is 20.9. The first-order valence-electron chi connectivity index (χ1n) is 8.08. The maximum absolute atomic E-state index is 12.5. The van der Waals surface area contributed by atoms with Crippen molar-refractivity contribution in [1.29, 1.82) is 0 Å². The van der Waals surface area contributed by atoms with Gasteiger partial charge >= 0.3 is 5.97 Å². The van der Waals surface area contributed by atoms with Gasteiger partial charge in [-0.1, -0.05) is 12.1 Å². The van der Waals surface area contributed by atoms with Crippen molar-refractivity contribution in [3.63, 3.8) is 0 Å². The minimum Gasteiger partial charge on any atom is -0.480 e. The summed E-state index contributed by atoms with van der Waals surface area (Å²) >= 11 is 0. The summed E-state index contributed by atoms with van der Waals surface area (Å²) in [5.41, 5.74) is 1.81. The van der Waals surface area contributed by atoms with Crippen LogP contribution in [0.2, 0.25) is 0 Å². The Balaban J connectivity index is 1.66. The number of aromatic nitrogens is 2. The van der Waals surface area contributed by atoms with Crippen molar-refractivity contribution in [2.75, 3.05) is 20.6 Å². The van der Waals surface area contributed by atoms with Crippen LogP contribution in [0.15, 0.2) is 24.3 Å². The topological polar surface area (TPSA) is 89.5 Å². The number of aryl methyl sites for hydroxylation is 1. The average Bonchev–Trinajstić information content (AvgIpc) is 3.16. The highest BCUT2D eigenvalue weighted by Gasteiger charge is 2.40. The van der Waals surface area contributed by atoms with E-state index in [1.165, 1.54) is 4.90 Å².